The lowest BCUT2D eigenvalue weighted by Gasteiger charge is -2.59. The van der Waals surface area contributed by atoms with Gasteiger partial charge in [0.2, 0.25) is 0 Å². The van der Waals surface area contributed by atoms with Gasteiger partial charge in [0.05, 0.1) is 22.3 Å². The molecule has 0 unspecified atom stereocenters. The first-order chi connectivity index (χ1) is 19.6. The Labute approximate surface area is 239 Å². The van der Waals surface area contributed by atoms with Crippen molar-refractivity contribution in [2.45, 2.75) is 69.6 Å². The molecule has 214 valence electrons. The molecule has 0 radical (unpaired) electrons. The molecule has 8 heteroatoms. The van der Waals surface area contributed by atoms with E-state index in [1.54, 1.807) is 26.0 Å². The Hall–Kier alpha value is -3.75. The predicted octanol–water partition coefficient (Wildman–Crippen LogP) is 5.22. The molecule has 2 aliphatic carbocycles. The number of hydrogen-bond acceptors (Lipinski definition) is 7. The molecule has 2 bridgehead atoms. The number of phenols is 1. The normalized spacial score (nSPS) is 29.0. The number of aromatic hydroxyl groups is 1. The van der Waals surface area contributed by atoms with Gasteiger partial charge in [-0.1, -0.05) is 36.4 Å². The minimum atomic E-state index is -1.27. The van der Waals surface area contributed by atoms with Gasteiger partial charge in [0.1, 0.15) is 17.3 Å². The second kappa shape index (κ2) is 9.13. The maximum atomic E-state index is 13.5. The average molecular weight is 557 g/mol. The second-order valence-corrected chi connectivity index (χ2v) is 12.4. The Morgan fingerprint density at radius 2 is 1.93 bits per heavy atom. The Kier molecular flexibility index (Phi) is 5.83. The minimum Gasteiger partial charge on any atom is -0.508 e. The van der Waals surface area contributed by atoms with E-state index in [1.807, 2.05) is 43.3 Å². The number of hydrogen-bond donors (Lipinski definition) is 4. The number of fused-ring (bicyclic) bond motifs is 1. The van der Waals surface area contributed by atoms with Gasteiger partial charge in [-0.15, -0.1) is 0 Å². The van der Waals surface area contributed by atoms with Gasteiger partial charge in [0, 0.05) is 29.8 Å². The van der Waals surface area contributed by atoms with Crippen LogP contribution in [0.15, 0.2) is 64.3 Å². The van der Waals surface area contributed by atoms with Crippen molar-refractivity contribution >= 4 is 11.6 Å². The number of amides is 1. The molecule has 2 aliphatic heterocycles. The van der Waals surface area contributed by atoms with Crippen LogP contribution < -0.4 is 10.1 Å². The highest BCUT2D eigenvalue weighted by Gasteiger charge is 2.69. The third-order valence-corrected chi connectivity index (χ3v) is 9.94. The van der Waals surface area contributed by atoms with E-state index in [0.717, 1.165) is 29.8 Å². The summed E-state index contributed by atoms with van der Waals surface area (Å²) in [5, 5.41) is 37.8. The summed E-state index contributed by atoms with van der Waals surface area (Å²) >= 11 is 0. The first-order valence-electron chi connectivity index (χ1n) is 14.5. The fourth-order valence-corrected chi connectivity index (χ4v) is 7.45. The molecule has 8 nitrogen and oxygen atoms in total. The third-order valence-electron chi connectivity index (χ3n) is 9.94. The molecule has 41 heavy (non-hydrogen) atoms. The van der Waals surface area contributed by atoms with Gasteiger partial charge >= 0.3 is 0 Å². The van der Waals surface area contributed by atoms with E-state index >= 15 is 0 Å². The molecule has 1 spiro atoms. The maximum Gasteiger partial charge on any atom is 0.254 e. The third kappa shape index (κ3) is 3.84. The first-order valence-corrected chi connectivity index (χ1v) is 14.5. The number of anilines is 1. The van der Waals surface area contributed by atoms with Crippen LogP contribution in [0.4, 0.5) is 5.69 Å². The zero-order valence-electron chi connectivity index (χ0n) is 23.6. The Bertz CT molecular complexity index is 1570. The van der Waals surface area contributed by atoms with Crippen LogP contribution >= 0.6 is 0 Å². The SMILES string of the molecule is C/C(C(=O)Nc1cc(-c2ccccc2)oc1C)=C(/O)[C@@H]1Oc2c(O)ccc3c2[C@@]12CCN(CC1CC1)[C@H](C3)[C@@]2(C)O. The van der Waals surface area contributed by atoms with Gasteiger partial charge in [-0.05, 0) is 70.5 Å². The summed E-state index contributed by atoms with van der Waals surface area (Å²) in [6.07, 6.45) is 2.57. The molecule has 1 aromatic heterocycles. The van der Waals surface area contributed by atoms with Crippen molar-refractivity contribution in [2.24, 2.45) is 5.92 Å². The highest BCUT2D eigenvalue weighted by Crippen LogP contribution is 2.63. The Morgan fingerprint density at radius 1 is 1.17 bits per heavy atom. The molecule has 4 aliphatic rings. The molecular weight excluding hydrogens is 520 g/mol. The number of rotatable bonds is 6. The van der Waals surface area contributed by atoms with Gasteiger partial charge in [-0.2, -0.15) is 0 Å². The van der Waals surface area contributed by atoms with Crippen molar-refractivity contribution < 1.29 is 29.3 Å². The van der Waals surface area contributed by atoms with Gasteiger partial charge in [-0.3, -0.25) is 9.69 Å². The number of aliphatic hydroxyl groups is 2. The summed E-state index contributed by atoms with van der Waals surface area (Å²) in [4.78, 5) is 15.9. The molecule has 4 N–H and O–H groups in total. The molecule has 1 saturated carbocycles. The summed E-state index contributed by atoms with van der Waals surface area (Å²) < 4.78 is 12.2. The van der Waals surface area contributed by atoms with Crippen molar-refractivity contribution in [3.05, 3.63) is 76.8 Å². The van der Waals surface area contributed by atoms with E-state index in [9.17, 15) is 20.1 Å². The number of nitrogens with one attached hydrogen (secondary N) is 1. The Morgan fingerprint density at radius 3 is 2.66 bits per heavy atom. The van der Waals surface area contributed by atoms with Crippen LogP contribution in [-0.2, 0) is 16.6 Å². The van der Waals surface area contributed by atoms with Crippen LogP contribution in [0.3, 0.4) is 0 Å². The van der Waals surface area contributed by atoms with Gasteiger partial charge in [0.25, 0.3) is 5.91 Å². The molecule has 1 amide bonds. The zero-order chi connectivity index (χ0) is 28.7. The average Bonchev–Trinajstić information content (AvgIpc) is 3.59. The van der Waals surface area contributed by atoms with E-state index in [2.05, 4.69) is 10.2 Å². The van der Waals surface area contributed by atoms with Crippen LogP contribution in [0, 0.1) is 12.8 Å². The molecule has 1 saturated heterocycles. The summed E-state index contributed by atoms with van der Waals surface area (Å²) in [7, 11) is 0. The molecule has 3 aromatic rings. The lowest BCUT2D eigenvalue weighted by Crippen LogP contribution is -2.73. The zero-order valence-corrected chi connectivity index (χ0v) is 23.6. The standard InChI is InChI=1S/C33H36N2O6/c1-18(31(38)34-23-16-25(40-19(23)2)21-7-5-4-6-8-21)28(37)30-33-13-14-35(17-20-9-10-20)26(32(33,3)39)15-22-11-12-24(36)29(41-30)27(22)33/h4-8,11-12,16,20,26,30,36-37,39H,9-10,13-15,17H2,1-3H3,(H,34,38)/b28-18-/t26-,30+,32-,33+/m1/s1. The van der Waals surface area contributed by atoms with Crippen molar-refractivity contribution in [3.63, 3.8) is 0 Å². The van der Waals surface area contributed by atoms with E-state index in [-0.39, 0.29) is 23.1 Å². The summed E-state index contributed by atoms with van der Waals surface area (Å²) in [6.45, 7) is 6.84. The van der Waals surface area contributed by atoms with E-state index in [1.165, 1.54) is 12.8 Å². The fraction of sp³-hybridized carbons (Fsp3) is 0.424. The highest BCUT2D eigenvalue weighted by molar-refractivity contribution is 6.04. The molecule has 3 heterocycles. The topological polar surface area (TPSA) is 115 Å². The quantitative estimate of drug-likeness (QED) is 0.243. The fourth-order valence-electron chi connectivity index (χ4n) is 7.45. The van der Waals surface area contributed by atoms with Crippen LogP contribution in [-0.4, -0.2) is 57.0 Å². The lowest BCUT2D eigenvalue weighted by molar-refractivity contribution is -0.153. The first kappa shape index (κ1) is 26.2. The number of phenolic OH excluding ortho intramolecular Hbond substituents is 1. The summed E-state index contributed by atoms with van der Waals surface area (Å²) in [6, 6.07) is 14.7. The number of likely N-dealkylation sites (tertiary alicyclic amines) is 1. The smallest absolute Gasteiger partial charge is 0.254 e. The van der Waals surface area contributed by atoms with Gasteiger partial charge < -0.3 is 29.8 Å². The number of aryl methyl sites for hydroxylation is 1. The molecule has 2 fully saturated rings. The van der Waals surface area contributed by atoms with Gasteiger partial charge in [-0.25, -0.2) is 0 Å². The van der Waals surface area contributed by atoms with Crippen LogP contribution in [0.1, 0.15) is 50.0 Å². The number of aliphatic hydroxyl groups excluding tert-OH is 1. The highest BCUT2D eigenvalue weighted by atomic mass is 16.5. The maximum absolute atomic E-state index is 13.5. The lowest BCUT2D eigenvalue weighted by atomic mass is 9.53. The van der Waals surface area contributed by atoms with Gasteiger partial charge in [0.15, 0.2) is 17.6 Å². The number of furan rings is 1. The van der Waals surface area contributed by atoms with E-state index in [4.69, 9.17) is 9.15 Å². The van der Waals surface area contributed by atoms with Crippen LogP contribution in [0.25, 0.3) is 11.3 Å². The molecule has 7 rings (SSSR count). The number of carbonyl (C=O) groups is 1. The molecule has 4 atom stereocenters. The van der Waals surface area contributed by atoms with Crippen LogP contribution in [0.2, 0.25) is 0 Å². The van der Waals surface area contributed by atoms with Crippen molar-refractivity contribution in [1.82, 2.24) is 4.90 Å². The van der Waals surface area contributed by atoms with Crippen molar-refractivity contribution in [2.75, 3.05) is 18.4 Å². The number of benzene rings is 2. The number of ether oxygens (including phenoxy) is 1. The molecular formula is C33H36N2O6. The largest absolute Gasteiger partial charge is 0.508 e. The monoisotopic (exact) mass is 556 g/mol. The minimum absolute atomic E-state index is 0.0300. The second-order valence-electron chi connectivity index (χ2n) is 12.4. The summed E-state index contributed by atoms with van der Waals surface area (Å²) in [5.74, 6) is 1.36. The predicted molar refractivity (Wildman–Crippen MR) is 154 cm³/mol. The van der Waals surface area contributed by atoms with Crippen molar-refractivity contribution in [3.8, 4) is 22.8 Å². The van der Waals surface area contributed by atoms with Crippen molar-refractivity contribution in [1.29, 1.82) is 0 Å². The number of carbonyl (C=O) groups excluding carboxylic acids is 1. The Balaban J connectivity index is 1.24. The van der Waals surface area contributed by atoms with E-state index < -0.39 is 23.0 Å². The number of nitrogens with zero attached hydrogens (tertiary/aromatic N) is 1. The summed E-state index contributed by atoms with van der Waals surface area (Å²) in [5.41, 5.74) is 0.957. The molecule has 2 aromatic carbocycles. The number of piperidine rings is 1. The van der Waals surface area contributed by atoms with E-state index in [0.29, 0.717) is 41.7 Å². The van der Waals surface area contributed by atoms with Crippen LogP contribution in [0.5, 0.6) is 11.5 Å².